The van der Waals surface area contributed by atoms with Gasteiger partial charge in [0.05, 0.1) is 24.9 Å². The largest absolute Gasteiger partial charge is 0.504 e. The van der Waals surface area contributed by atoms with Gasteiger partial charge >= 0.3 is 0 Å². The maximum atomic E-state index is 12.3. The highest BCUT2D eigenvalue weighted by Crippen LogP contribution is 2.30. The first kappa shape index (κ1) is 13.9. The van der Waals surface area contributed by atoms with E-state index in [1.165, 1.54) is 12.0 Å². The third-order valence-corrected chi connectivity index (χ3v) is 2.92. The van der Waals surface area contributed by atoms with Crippen molar-refractivity contribution in [3.63, 3.8) is 0 Å². The Balaban J connectivity index is 2.19. The summed E-state index contributed by atoms with van der Waals surface area (Å²) >= 11 is 0. The van der Waals surface area contributed by atoms with Crippen molar-refractivity contribution in [2.75, 3.05) is 14.2 Å². The molecular weight excluding hydrogens is 256 g/mol. The van der Waals surface area contributed by atoms with E-state index in [2.05, 4.69) is 4.98 Å². The van der Waals surface area contributed by atoms with Gasteiger partial charge in [-0.15, -0.1) is 0 Å². The number of phenolic OH excluding ortho intramolecular Hbond substituents is 1. The second-order valence-electron chi connectivity index (χ2n) is 4.34. The van der Waals surface area contributed by atoms with Crippen molar-refractivity contribution >= 4 is 5.91 Å². The van der Waals surface area contributed by atoms with E-state index in [1.54, 1.807) is 31.4 Å². The lowest BCUT2D eigenvalue weighted by atomic mass is 10.1. The number of phenols is 1. The smallest absolute Gasteiger partial charge is 0.257 e. The standard InChI is InChI=1S/C15H16N2O3/c1-17(10-11-6-3-4-9-16-11)15(19)12-7-5-8-13(20-2)14(12)18/h3-9,18H,10H2,1-2H3. The van der Waals surface area contributed by atoms with E-state index in [0.29, 0.717) is 6.54 Å². The molecule has 1 amide bonds. The molecule has 104 valence electrons. The summed E-state index contributed by atoms with van der Waals surface area (Å²) in [5.74, 6) is -0.151. The van der Waals surface area contributed by atoms with E-state index in [4.69, 9.17) is 4.74 Å². The van der Waals surface area contributed by atoms with Crippen LogP contribution >= 0.6 is 0 Å². The minimum Gasteiger partial charge on any atom is -0.504 e. The van der Waals surface area contributed by atoms with Gasteiger partial charge in [-0.2, -0.15) is 0 Å². The number of aromatic nitrogens is 1. The van der Waals surface area contributed by atoms with E-state index in [0.717, 1.165) is 5.69 Å². The predicted molar refractivity (Wildman–Crippen MR) is 74.7 cm³/mol. The van der Waals surface area contributed by atoms with E-state index in [-0.39, 0.29) is 23.0 Å². The van der Waals surface area contributed by atoms with Crippen LogP contribution in [-0.4, -0.2) is 35.1 Å². The maximum Gasteiger partial charge on any atom is 0.257 e. The monoisotopic (exact) mass is 272 g/mol. The van der Waals surface area contributed by atoms with Gasteiger partial charge in [-0.1, -0.05) is 12.1 Å². The summed E-state index contributed by atoms with van der Waals surface area (Å²) in [5, 5.41) is 9.99. The predicted octanol–water partition coefficient (Wildman–Crippen LogP) is 2.07. The van der Waals surface area contributed by atoms with Crippen molar-refractivity contribution in [3.8, 4) is 11.5 Å². The first-order valence-electron chi connectivity index (χ1n) is 6.15. The molecule has 2 aromatic rings. The van der Waals surface area contributed by atoms with Crippen LogP contribution in [0.25, 0.3) is 0 Å². The molecule has 0 bridgehead atoms. The quantitative estimate of drug-likeness (QED) is 0.925. The lowest BCUT2D eigenvalue weighted by molar-refractivity contribution is 0.0779. The molecule has 0 fully saturated rings. The molecule has 0 spiro atoms. The Morgan fingerprint density at radius 1 is 1.30 bits per heavy atom. The summed E-state index contributed by atoms with van der Waals surface area (Å²) in [7, 11) is 3.11. The Morgan fingerprint density at radius 2 is 2.10 bits per heavy atom. The topological polar surface area (TPSA) is 62.7 Å². The molecule has 5 nitrogen and oxygen atoms in total. The number of aromatic hydroxyl groups is 1. The van der Waals surface area contributed by atoms with Crippen LogP contribution in [-0.2, 0) is 6.54 Å². The zero-order valence-corrected chi connectivity index (χ0v) is 11.4. The Morgan fingerprint density at radius 3 is 2.75 bits per heavy atom. The average molecular weight is 272 g/mol. The van der Waals surface area contributed by atoms with Gasteiger partial charge < -0.3 is 14.7 Å². The van der Waals surface area contributed by atoms with Crippen LogP contribution in [0.4, 0.5) is 0 Å². The van der Waals surface area contributed by atoms with Gasteiger partial charge in [-0.05, 0) is 24.3 Å². The number of carbonyl (C=O) groups is 1. The van der Waals surface area contributed by atoms with Crippen molar-refractivity contribution in [3.05, 3.63) is 53.9 Å². The van der Waals surface area contributed by atoms with Crippen LogP contribution in [0.15, 0.2) is 42.6 Å². The number of hydrogen-bond donors (Lipinski definition) is 1. The molecule has 1 heterocycles. The molecule has 0 aliphatic rings. The van der Waals surface area contributed by atoms with Crippen molar-refractivity contribution in [2.45, 2.75) is 6.54 Å². The Hall–Kier alpha value is -2.56. The average Bonchev–Trinajstić information content (AvgIpc) is 2.48. The maximum absolute atomic E-state index is 12.3. The zero-order valence-electron chi connectivity index (χ0n) is 11.4. The Kier molecular flexibility index (Phi) is 4.20. The number of nitrogens with zero attached hydrogens (tertiary/aromatic N) is 2. The van der Waals surface area contributed by atoms with Crippen LogP contribution < -0.4 is 4.74 Å². The van der Waals surface area contributed by atoms with E-state index >= 15 is 0 Å². The van der Waals surface area contributed by atoms with Gasteiger partial charge in [0.1, 0.15) is 0 Å². The number of amides is 1. The highest BCUT2D eigenvalue weighted by atomic mass is 16.5. The van der Waals surface area contributed by atoms with E-state index in [9.17, 15) is 9.90 Å². The van der Waals surface area contributed by atoms with Crippen LogP contribution in [0.5, 0.6) is 11.5 Å². The molecule has 0 aliphatic heterocycles. The van der Waals surface area contributed by atoms with Crippen LogP contribution in [0, 0.1) is 0 Å². The fourth-order valence-electron chi connectivity index (χ4n) is 1.87. The van der Waals surface area contributed by atoms with Crippen molar-refractivity contribution < 1.29 is 14.6 Å². The highest BCUT2D eigenvalue weighted by Gasteiger charge is 2.18. The Labute approximate surface area is 117 Å². The number of para-hydroxylation sites is 1. The molecule has 20 heavy (non-hydrogen) atoms. The normalized spacial score (nSPS) is 10.1. The lowest BCUT2D eigenvalue weighted by Gasteiger charge is -2.18. The summed E-state index contributed by atoms with van der Waals surface area (Å²) in [6.45, 7) is 0.371. The summed E-state index contributed by atoms with van der Waals surface area (Å²) in [6.07, 6.45) is 1.68. The van der Waals surface area contributed by atoms with Gasteiger partial charge in [-0.3, -0.25) is 9.78 Å². The van der Waals surface area contributed by atoms with Gasteiger partial charge in [0, 0.05) is 13.2 Å². The molecule has 0 saturated heterocycles. The van der Waals surface area contributed by atoms with Crippen LogP contribution in [0.1, 0.15) is 16.1 Å². The summed E-state index contributed by atoms with van der Waals surface area (Å²) in [5.41, 5.74) is 0.994. The van der Waals surface area contributed by atoms with Gasteiger partial charge in [0.2, 0.25) is 0 Å². The summed E-state index contributed by atoms with van der Waals surface area (Å²) < 4.78 is 5.00. The van der Waals surface area contributed by atoms with E-state index in [1.807, 2.05) is 18.2 Å². The molecule has 1 aromatic carbocycles. The van der Waals surface area contributed by atoms with Gasteiger partial charge in [0.15, 0.2) is 11.5 Å². The highest BCUT2D eigenvalue weighted by molar-refractivity contribution is 5.97. The second kappa shape index (κ2) is 6.06. The Bertz CT molecular complexity index is 599. The van der Waals surface area contributed by atoms with Crippen molar-refractivity contribution in [1.82, 2.24) is 9.88 Å². The number of benzene rings is 1. The molecular formula is C15H16N2O3. The van der Waals surface area contributed by atoms with Crippen LogP contribution in [0.2, 0.25) is 0 Å². The molecule has 5 heteroatoms. The number of carbonyl (C=O) groups excluding carboxylic acids is 1. The first-order valence-corrected chi connectivity index (χ1v) is 6.15. The number of hydrogen-bond acceptors (Lipinski definition) is 4. The van der Waals surface area contributed by atoms with Gasteiger partial charge in [0.25, 0.3) is 5.91 Å². The first-order chi connectivity index (χ1) is 9.63. The molecule has 0 aliphatic carbocycles. The second-order valence-corrected chi connectivity index (χ2v) is 4.34. The van der Waals surface area contributed by atoms with Crippen LogP contribution in [0.3, 0.4) is 0 Å². The zero-order chi connectivity index (χ0) is 14.5. The third-order valence-electron chi connectivity index (χ3n) is 2.92. The minimum atomic E-state index is -0.285. The van der Waals surface area contributed by atoms with E-state index < -0.39 is 0 Å². The fraction of sp³-hybridized carbons (Fsp3) is 0.200. The molecule has 1 aromatic heterocycles. The number of methoxy groups -OCH3 is 1. The molecule has 0 radical (unpaired) electrons. The lowest BCUT2D eigenvalue weighted by Crippen LogP contribution is -2.26. The van der Waals surface area contributed by atoms with Gasteiger partial charge in [-0.25, -0.2) is 0 Å². The molecule has 2 rings (SSSR count). The number of rotatable bonds is 4. The summed E-state index contributed by atoms with van der Waals surface area (Å²) in [4.78, 5) is 18.0. The number of ether oxygens (including phenoxy) is 1. The van der Waals surface area contributed by atoms with Crippen molar-refractivity contribution in [1.29, 1.82) is 0 Å². The van der Waals surface area contributed by atoms with Crippen molar-refractivity contribution in [2.24, 2.45) is 0 Å². The SMILES string of the molecule is COc1cccc(C(=O)N(C)Cc2ccccn2)c1O. The third kappa shape index (κ3) is 2.88. The molecule has 0 saturated carbocycles. The molecule has 0 unspecified atom stereocenters. The minimum absolute atomic E-state index is 0.145. The summed E-state index contributed by atoms with van der Waals surface area (Å²) in [6, 6.07) is 10.4. The molecule has 0 atom stereocenters. The number of pyridine rings is 1. The molecule has 1 N–H and O–H groups in total. The fourth-order valence-corrected chi connectivity index (χ4v) is 1.87.